The lowest BCUT2D eigenvalue weighted by atomic mass is 10.0. The molecule has 0 aromatic heterocycles. The van der Waals surface area contributed by atoms with Crippen LogP contribution in [0.1, 0.15) is 31.9 Å². The number of halogens is 3. The minimum absolute atomic E-state index is 0.0514. The van der Waals surface area contributed by atoms with Gasteiger partial charge in [0.1, 0.15) is 18.4 Å². The van der Waals surface area contributed by atoms with E-state index in [4.69, 9.17) is 23.2 Å². The lowest BCUT2D eigenvalue weighted by molar-refractivity contribution is -0.140. The normalized spacial score (nSPS) is 12.3. The molecule has 7 nitrogen and oxygen atoms in total. The number of sulfonamides is 1. The van der Waals surface area contributed by atoms with Crippen molar-refractivity contribution in [3.8, 4) is 0 Å². The Bertz CT molecular complexity index is 1730. The van der Waals surface area contributed by atoms with E-state index in [1.54, 1.807) is 36.4 Å². The first-order valence-electron chi connectivity index (χ1n) is 14.2. The fourth-order valence-corrected chi connectivity index (χ4v) is 6.45. The van der Waals surface area contributed by atoms with Gasteiger partial charge in [0.25, 0.3) is 10.0 Å². The fourth-order valence-electron chi connectivity index (χ4n) is 4.70. The second kappa shape index (κ2) is 14.5. The second-order valence-corrected chi connectivity index (χ2v) is 14.2. The van der Waals surface area contributed by atoms with Crippen molar-refractivity contribution in [3.05, 3.63) is 130 Å². The van der Waals surface area contributed by atoms with E-state index in [2.05, 4.69) is 5.32 Å². The van der Waals surface area contributed by atoms with Crippen LogP contribution in [0.15, 0.2) is 108 Å². The third kappa shape index (κ3) is 9.06. The van der Waals surface area contributed by atoms with E-state index in [-0.39, 0.29) is 28.6 Å². The van der Waals surface area contributed by atoms with Gasteiger partial charge >= 0.3 is 0 Å². The number of hydrogen-bond donors (Lipinski definition) is 1. The first-order valence-corrected chi connectivity index (χ1v) is 16.4. The molecule has 0 radical (unpaired) electrons. The number of amides is 2. The maximum Gasteiger partial charge on any atom is 0.264 e. The van der Waals surface area contributed by atoms with E-state index in [0.29, 0.717) is 10.6 Å². The van der Waals surface area contributed by atoms with Gasteiger partial charge in [-0.05, 0) is 80.4 Å². The van der Waals surface area contributed by atoms with Gasteiger partial charge in [0.2, 0.25) is 11.8 Å². The van der Waals surface area contributed by atoms with Crippen LogP contribution in [0.3, 0.4) is 0 Å². The summed E-state index contributed by atoms with van der Waals surface area (Å²) in [5.41, 5.74) is 0.840. The highest BCUT2D eigenvalue weighted by Gasteiger charge is 2.35. The van der Waals surface area contributed by atoms with E-state index in [1.807, 2.05) is 51.1 Å². The van der Waals surface area contributed by atoms with Crippen LogP contribution in [-0.2, 0) is 32.6 Å². The highest BCUT2D eigenvalue weighted by atomic mass is 35.5. The van der Waals surface area contributed by atoms with Gasteiger partial charge in [-0.3, -0.25) is 13.9 Å². The van der Waals surface area contributed by atoms with Crippen LogP contribution in [0.5, 0.6) is 0 Å². The standard InChI is InChI=1S/C34H34Cl2FN3O4S/c1-34(2,3)38-33(42)31(21-24-10-6-4-7-11-24)39(22-25-14-19-29(35)30(36)20-25)32(41)23-40(27-17-15-26(37)16-18-27)45(43,44)28-12-8-5-9-13-28/h4-20,31H,21-23H2,1-3H3,(H,38,42)/t31-/m1/s1. The molecule has 0 bridgehead atoms. The molecule has 0 unspecified atom stereocenters. The number of anilines is 1. The highest BCUT2D eigenvalue weighted by molar-refractivity contribution is 7.92. The molecule has 4 rings (SSSR count). The van der Waals surface area contributed by atoms with Gasteiger partial charge in [-0.1, -0.05) is 77.8 Å². The Kier molecular flexibility index (Phi) is 10.9. The quantitative estimate of drug-likeness (QED) is 0.189. The molecule has 0 saturated heterocycles. The smallest absolute Gasteiger partial charge is 0.264 e. The second-order valence-electron chi connectivity index (χ2n) is 11.5. The van der Waals surface area contributed by atoms with Gasteiger partial charge in [-0.15, -0.1) is 0 Å². The maximum atomic E-state index is 14.4. The summed E-state index contributed by atoms with van der Waals surface area (Å²) >= 11 is 12.5. The van der Waals surface area contributed by atoms with Gasteiger partial charge < -0.3 is 10.2 Å². The number of hydrogen-bond acceptors (Lipinski definition) is 4. The topological polar surface area (TPSA) is 86.8 Å². The van der Waals surface area contributed by atoms with Crippen LogP contribution in [-0.4, -0.2) is 43.3 Å². The summed E-state index contributed by atoms with van der Waals surface area (Å²) in [4.78, 5) is 29.6. The van der Waals surface area contributed by atoms with Gasteiger partial charge in [0.15, 0.2) is 0 Å². The van der Waals surface area contributed by atoms with Gasteiger partial charge in [0, 0.05) is 18.5 Å². The third-order valence-electron chi connectivity index (χ3n) is 6.83. The predicted molar refractivity (Wildman–Crippen MR) is 176 cm³/mol. The summed E-state index contributed by atoms with van der Waals surface area (Å²) in [7, 11) is -4.29. The summed E-state index contributed by atoms with van der Waals surface area (Å²) in [5, 5.41) is 3.56. The zero-order chi connectivity index (χ0) is 32.8. The number of benzene rings is 4. The van der Waals surface area contributed by atoms with Crippen LogP contribution >= 0.6 is 23.2 Å². The number of rotatable bonds is 11. The highest BCUT2D eigenvalue weighted by Crippen LogP contribution is 2.27. The van der Waals surface area contributed by atoms with E-state index in [1.165, 1.54) is 29.2 Å². The molecule has 4 aromatic rings. The SMILES string of the molecule is CC(C)(C)NC(=O)[C@@H](Cc1ccccc1)N(Cc1ccc(Cl)c(Cl)c1)C(=O)CN(c1ccc(F)cc1)S(=O)(=O)c1ccccc1. The van der Waals surface area contributed by atoms with Crippen LogP contribution in [0.25, 0.3) is 0 Å². The zero-order valence-corrected chi connectivity index (χ0v) is 27.4. The van der Waals surface area contributed by atoms with Crippen molar-refractivity contribution in [2.45, 2.75) is 50.2 Å². The number of nitrogens with zero attached hydrogens (tertiary/aromatic N) is 2. The maximum absolute atomic E-state index is 14.4. The Morgan fingerprint density at radius 2 is 1.42 bits per heavy atom. The van der Waals surface area contributed by atoms with Gasteiger partial charge in [0.05, 0.1) is 20.6 Å². The summed E-state index contributed by atoms with van der Waals surface area (Å²) in [5.74, 6) is -1.64. The molecule has 2 amide bonds. The van der Waals surface area contributed by atoms with Crippen molar-refractivity contribution in [1.82, 2.24) is 10.2 Å². The molecule has 0 aliphatic rings. The molecule has 0 heterocycles. The van der Waals surface area contributed by atoms with Gasteiger partial charge in [-0.25, -0.2) is 12.8 Å². The largest absolute Gasteiger partial charge is 0.350 e. The van der Waals surface area contributed by atoms with Crippen molar-refractivity contribution >= 4 is 50.7 Å². The Balaban J connectivity index is 1.82. The predicted octanol–water partition coefficient (Wildman–Crippen LogP) is 6.88. The summed E-state index contributed by atoms with van der Waals surface area (Å²) < 4.78 is 42.7. The first-order chi connectivity index (χ1) is 21.2. The molecule has 1 N–H and O–H groups in total. The van der Waals surface area contributed by atoms with Crippen LogP contribution < -0.4 is 9.62 Å². The minimum atomic E-state index is -4.29. The average molecular weight is 671 g/mol. The number of carbonyl (C=O) groups excluding carboxylic acids is 2. The molecular weight excluding hydrogens is 636 g/mol. The molecule has 0 aliphatic heterocycles. The molecule has 0 fully saturated rings. The van der Waals surface area contributed by atoms with Crippen molar-refractivity contribution in [2.24, 2.45) is 0 Å². The molecule has 0 aliphatic carbocycles. The zero-order valence-electron chi connectivity index (χ0n) is 25.1. The van der Waals surface area contributed by atoms with E-state index in [9.17, 15) is 22.4 Å². The van der Waals surface area contributed by atoms with Crippen LogP contribution in [0.4, 0.5) is 10.1 Å². The summed E-state index contributed by atoms with van der Waals surface area (Å²) in [6.07, 6.45) is 0.151. The van der Waals surface area contributed by atoms with Crippen molar-refractivity contribution < 1.29 is 22.4 Å². The molecule has 0 spiro atoms. The summed E-state index contributed by atoms with van der Waals surface area (Å²) in [6.45, 7) is 4.75. The molecule has 11 heteroatoms. The van der Waals surface area contributed by atoms with E-state index in [0.717, 1.165) is 22.0 Å². The average Bonchev–Trinajstić information content (AvgIpc) is 3.00. The lowest BCUT2D eigenvalue weighted by Gasteiger charge is -2.35. The monoisotopic (exact) mass is 669 g/mol. The molecule has 1 atom stereocenters. The van der Waals surface area contributed by atoms with E-state index < -0.39 is 45.8 Å². The molecule has 236 valence electrons. The van der Waals surface area contributed by atoms with E-state index >= 15 is 0 Å². The molecule has 0 saturated carbocycles. The fraction of sp³-hybridized carbons (Fsp3) is 0.235. The Morgan fingerprint density at radius 1 is 0.822 bits per heavy atom. The number of nitrogens with one attached hydrogen (secondary N) is 1. The Hall–Kier alpha value is -3.92. The van der Waals surface area contributed by atoms with Crippen molar-refractivity contribution in [3.63, 3.8) is 0 Å². The lowest BCUT2D eigenvalue weighted by Crippen LogP contribution is -2.56. The van der Waals surface area contributed by atoms with Crippen LogP contribution in [0.2, 0.25) is 10.0 Å². The van der Waals surface area contributed by atoms with Crippen molar-refractivity contribution in [1.29, 1.82) is 0 Å². The Morgan fingerprint density at radius 3 is 2.00 bits per heavy atom. The van der Waals surface area contributed by atoms with Crippen LogP contribution in [0, 0.1) is 5.82 Å². The third-order valence-corrected chi connectivity index (χ3v) is 9.36. The molecule has 45 heavy (non-hydrogen) atoms. The van der Waals surface area contributed by atoms with Crippen molar-refractivity contribution in [2.75, 3.05) is 10.8 Å². The summed E-state index contributed by atoms with van der Waals surface area (Å²) in [6, 6.07) is 25.5. The first kappa shape index (κ1) is 34.0. The van der Waals surface area contributed by atoms with Gasteiger partial charge in [-0.2, -0.15) is 0 Å². The number of carbonyl (C=O) groups is 2. The molecular formula is C34H34Cl2FN3O4S. The Labute approximate surface area is 273 Å². The molecule has 4 aromatic carbocycles. The minimum Gasteiger partial charge on any atom is -0.350 e.